The van der Waals surface area contributed by atoms with Crippen LogP contribution in [0.5, 0.6) is 0 Å². The Morgan fingerprint density at radius 3 is 2.65 bits per heavy atom. The van der Waals surface area contributed by atoms with E-state index < -0.39 is 0 Å². The van der Waals surface area contributed by atoms with Crippen LogP contribution in [0.3, 0.4) is 0 Å². The van der Waals surface area contributed by atoms with Gasteiger partial charge in [0, 0.05) is 13.1 Å². The van der Waals surface area contributed by atoms with Gasteiger partial charge in [-0.3, -0.25) is 0 Å². The van der Waals surface area contributed by atoms with E-state index in [2.05, 4.69) is 34.5 Å². The van der Waals surface area contributed by atoms with E-state index in [4.69, 9.17) is 0 Å². The van der Waals surface area contributed by atoms with Crippen LogP contribution in [-0.4, -0.2) is 14.8 Å². The fourth-order valence-corrected chi connectivity index (χ4v) is 1.60. The van der Waals surface area contributed by atoms with Gasteiger partial charge in [-0.15, -0.1) is 12.4 Å². The molecule has 1 N–H and O–H groups in total. The predicted octanol–water partition coefficient (Wildman–Crippen LogP) is 2.01. The van der Waals surface area contributed by atoms with Gasteiger partial charge in [0.2, 0.25) is 0 Å². The van der Waals surface area contributed by atoms with Crippen molar-refractivity contribution >= 4 is 12.4 Å². The molecule has 5 heteroatoms. The maximum Gasteiger partial charge on any atom is 0.140 e. The predicted molar refractivity (Wildman–Crippen MR) is 69.9 cm³/mol. The van der Waals surface area contributed by atoms with Crippen molar-refractivity contribution in [1.29, 1.82) is 0 Å². The highest BCUT2D eigenvalue weighted by Gasteiger charge is 2.01. The Kier molecular flexibility index (Phi) is 5.66. The maximum absolute atomic E-state index is 4.21. The summed E-state index contributed by atoms with van der Waals surface area (Å²) in [6.45, 7) is 4.54. The Morgan fingerprint density at radius 1 is 1.18 bits per heavy atom. The second kappa shape index (κ2) is 7.04. The average Bonchev–Trinajstić information content (AvgIpc) is 2.78. The van der Waals surface area contributed by atoms with Crippen molar-refractivity contribution < 1.29 is 0 Å². The van der Waals surface area contributed by atoms with Gasteiger partial charge >= 0.3 is 0 Å². The number of nitrogens with zero attached hydrogens (tertiary/aromatic N) is 3. The zero-order valence-corrected chi connectivity index (χ0v) is 10.7. The zero-order chi connectivity index (χ0) is 11.2. The molecule has 1 aromatic carbocycles. The second-order valence-electron chi connectivity index (χ2n) is 3.58. The van der Waals surface area contributed by atoms with E-state index in [0.717, 1.165) is 25.5 Å². The van der Waals surface area contributed by atoms with E-state index in [1.54, 1.807) is 6.33 Å². The van der Waals surface area contributed by atoms with E-state index in [-0.39, 0.29) is 12.4 Å². The van der Waals surface area contributed by atoms with Gasteiger partial charge in [-0.05, 0) is 12.5 Å². The van der Waals surface area contributed by atoms with Crippen LogP contribution in [0.25, 0.3) is 0 Å². The van der Waals surface area contributed by atoms with Crippen LogP contribution in [0.2, 0.25) is 0 Å². The molecule has 0 fully saturated rings. The van der Waals surface area contributed by atoms with Gasteiger partial charge in [0.15, 0.2) is 0 Å². The fourth-order valence-electron chi connectivity index (χ4n) is 1.60. The molecule has 92 valence electrons. The number of rotatable bonds is 5. The highest BCUT2D eigenvalue weighted by molar-refractivity contribution is 5.85. The van der Waals surface area contributed by atoms with E-state index in [9.17, 15) is 0 Å². The molecule has 1 heterocycles. The molecular formula is C12H17ClN4. The van der Waals surface area contributed by atoms with Gasteiger partial charge in [-0.25, -0.2) is 9.67 Å². The SMILES string of the molecule is CCn1ncnc1CNCc1ccccc1.Cl. The summed E-state index contributed by atoms with van der Waals surface area (Å²) in [6, 6.07) is 10.3. The van der Waals surface area contributed by atoms with E-state index in [0.29, 0.717) is 0 Å². The van der Waals surface area contributed by atoms with Gasteiger partial charge in [0.1, 0.15) is 12.2 Å². The van der Waals surface area contributed by atoms with Crippen molar-refractivity contribution in [3.63, 3.8) is 0 Å². The summed E-state index contributed by atoms with van der Waals surface area (Å²) >= 11 is 0. The van der Waals surface area contributed by atoms with Crippen molar-refractivity contribution in [2.45, 2.75) is 26.6 Å². The minimum absolute atomic E-state index is 0. The Morgan fingerprint density at radius 2 is 1.94 bits per heavy atom. The number of aromatic nitrogens is 3. The van der Waals surface area contributed by atoms with Crippen LogP contribution in [0.4, 0.5) is 0 Å². The van der Waals surface area contributed by atoms with Crippen LogP contribution in [0.15, 0.2) is 36.7 Å². The Balaban J connectivity index is 0.00000144. The molecule has 0 atom stereocenters. The summed E-state index contributed by atoms with van der Waals surface area (Å²) in [6.07, 6.45) is 1.60. The van der Waals surface area contributed by atoms with Gasteiger partial charge in [-0.2, -0.15) is 5.10 Å². The molecule has 0 radical (unpaired) electrons. The second-order valence-corrected chi connectivity index (χ2v) is 3.58. The summed E-state index contributed by atoms with van der Waals surface area (Å²) in [7, 11) is 0. The Bertz CT molecular complexity index is 427. The topological polar surface area (TPSA) is 42.7 Å². The van der Waals surface area contributed by atoms with Gasteiger partial charge in [0.05, 0.1) is 6.54 Å². The quantitative estimate of drug-likeness (QED) is 0.885. The molecule has 0 amide bonds. The largest absolute Gasteiger partial charge is 0.306 e. The minimum Gasteiger partial charge on any atom is -0.306 e. The van der Waals surface area contributed by atoms with Crippen molar-refractivity contribution in [1.82, 2.24) is 20.1 Å². The monoisotopic (exact) mass is 252 g/mol. The van der Waals surface area contributed by atoms with Crippen LogP contribution in [0.1, 0.15) is 18.3 Å². The maximum atomic E-state index is 4.21. The lowest BCUT2D eigenvalue weighted by Crippen LogP contribution is -2.16. The summed E-state index contributed by atoms with van der Waals surface area (Å²) in [5.41, 5.74) is 1.28. The smallest absolute Gasteiger partial charge is 0.140 e. The van der Waals surface area contributed by atoms with E-state index >= 15 is 0 Å². The molecule has 0 aliphatic rings. The van der Waals surface area contributed by atoms with Gasteiger partial charge in [-0.1, -0.05) is 30.3 Å². The molecule has 0 aliphatic heterocycles. The highest BCUT2D eigenvalue weighted by atomic mass is 35.5. The molecule has 1 aromatic heterocycles. The van der Waals surface area contributed by atoms with Crippen molar-refractivity contribution in [2.24, 2.45) is 0 Å². The van der Waals surface area contributed by atoms with Crippen LogP contribution >= 0.6 is 12.4 Å². The van der Waals surface area contributed by atoms with Crippen molar-refractivity contribution in [2.75, 3.05) is 0 Å². The molecule has 2 aromatic rings. The molecule has 0 unspecified atom stereocenters. The molecular weight excluding hydrogens is 236 g/mol. The third-order valence-corrected chi connectivity index (χ3v) is 2.45. The third kappa shape index (κ3) is 3.84. The molecule has 0 saturated heterocycles. The minimum atomic E-state index is 0. The normalized spacial score (nSPS) is 9.94. The van der Waals surface area contributed by atoms with Crippen molar-refractivity contribution in [3.05, 3.63) is 48.0 Å². The molecule has 4 nitrogen and oxygen atoms in total. The fraction of sp³-hybridized carbons (Fsp3) is 0.333. The number of hydrogen-bond donors (Lipinski definition) is 1. The summed E-state index contributed by atoms with van der Waals surface area (Å²) in [5.74, 6) is 0.985. The van der Waals surface area contributed by atoms with Crippen LogP contribution < -0.4 is 5.32 Å². The number of halogens is 1. The Hall–Kier alpha value is -1.39. The number of hydrogen-bond acceptors (Lipinski definition) is 3. The lowest BCUT2D eigenvalue weighted by atomic mass is 10.2. The van der Waals surface area contributed by atoms with Crippen LogP contribution in [0, 0.1) is 0 Å². The average molecular weight is 253 g/mol. The van der Waals surface area contributed by atoms with Gasteiger partial charge < -0.3 is 5.32 Å². The first-order chi connectivity index (χ1) is 7.90. The summed E-state index contributed by atoms with van der Waals surface area (Å²) < 4.78 is 1.90. The van der Waals surface area contributed by atoms with Crippen LogP contribution in [-0.2, 0) is 19.6 Å². The number of aryl methyl sites for hydroxylation is 1. The van der Waals surface area contributed by atoms with E-state index in [1.807, 2.05) is 22.9 Å². The first kappa shape index (κ1) is 13.7. The molecule has 0 aliphatic carbocycles. The Labute approximate surface area is 107 Å². The van der Waals surface area contributed by atoms with Crippen molar-refractivity contribution in [3.8, 4) is 0 Å². The highest BCUT2D eigenvalue weighted by Crippen LogP contribution is 1.99. The third-order valence-electron chi connectivity index (χ3n) is 2.45. The molecule has 0 saturated carbocycles. The standard InChI is InChI=1S/C12H16N4.ClH/c1-2-16-12(14-10-15-16)9-13-8-11-6-4-3-5-7-11;/h3-7,10,13H,2,8-9H2,1H3;1H. The lowest BCUT2D eigenvalue weighted by molar-refractivity contribution is 0.572. The summed E-state index contributed by atoms with van der Waals surface area (Å²) in [5, 5.41) is 7.48. The number of benzene rings is 1. The lowest BCUT2D eigenvalue weighted by Gasteiger charge is -2.05. The number of nitrogens with one attached hydrogen (secondary N) is 1. The molecule has 17 heavy (non-hydrogen) atoms. The van der Waals surface area contributed by atoms with E-state index in [1.165, 1.54) is 5.56 Å². The molecule has 0 bridgehead atoms. The molecule has 2 rings (SSSR count). The zero-order valence-electron chi connectivity index (χ0n) is 9.84. The first-order valence-electron chi connectivity index (χ1n) is 5.51. The molecule has 0 spiro atoms. The summed E-state index contributed by atoms with van der Waals surface area (Å²) in [4.78, 5) is 4.21. The first-order valence-corrected chi connectivity index (χ1v) is 5.51. The van der Waals surface area contributed by atoms with Gasteiger partial charge in [0.25, 0.3) is 0 Å².